The minimum Gasteiger partial charge on any atom is -0.492 e. The Kier molecular flexibility index (Phi) is 11.4. The van der Waals surface area contributed by atoms with Crippen LogP contribution in [-0.2, 0) is 9.59 Å². The maximum absolute atomic E-state index is 12.9. The first-order chi connectivity index (χ1) is 18.2. The second-order valence-electron chi connectivity index (χ2n) is 9.45. The van der Waals surface area contributed by atoms with Crippen molar-refractivity contribution in [2.45, 2.75) is 55.8 Å². The van der Waals surface area contributed by atoms with Crippen LogP contribution in [0.15, 0.2) is 24.3 Å². The number of carbonyl (C=O) groups is 2. The van der Waals surface area contributed by atoms with Crippen LogP contribution < -0.4 is 15.4 Å². The fourth-order valence-corrected chi connectivity index (χ4v) is 6.22. The van der Waals surface area contributed by atoms with Gasteiger partial charge >= 0.3 is 6.18 Å². The molecule has 12 heteroatoms. The van der Waals surface area contributed by atoms with E-state index in [0.717, 1.165) is 31.1 Å². The Labute approximate surface area is 226 Å². The van der Waals surface area contributed by atoms with Crippen LogP contribution in [-0.4, -0.2) is 84.3 Å². The lowest BCUT2D eigenvalue weighted by Crippen LogP contribution is -2.40. The Bertz CT molecular complexity index is 968. The molecule has 8 nitrogen and oxygen atoms in total. The van der Waals surface area contributed by atoms with E-state index in [1.807, 2.05) is 24.3 Å². The molecular weight excluding hydrogens is 519 g/mol. The topological polar surface area (TPSA) is 97.7 Å². The maximum atomic E-state index is 12.9. The zero-order valence-electron chi connectivity index (χ0n) is 21.6. The van der Waals surface area contributed by atoms with Crippen molar-refractivity contribution in [3.8, 4) is 11.8 Å². The third-order valence-electron chi connectivity index (χ3n) is 6.64. The summed E-state index contributed by atoms with van der Waals surface area (Å²) in [6, 6.07) is 9.47. The number of benzene rings is 1. The number of carbonyl (C=O) groups excluding carboxylic acids is 2. The first-order valence-corrected chi connectivity index (χ1v) is 14.0. The number of nitrogens with one attached hydrogen (secondary N) is 2. The summed E-state index contributed by atoms with van der Waals surface area (Å²) >= 11 is 1.35. The molecule has 2 N–H and O–H groups in total. The standard InChI is InChI=1S/C26H36F3N5O3S/c1-2-34-23(15-19(17-30)24(35)32-18-26(27,28)29)38-22(25(34)36)9-10-31-20-7-6-8-21(16-20)37-14-13-33-11-4-3-5-12-33/h6-8,16,19,22-23,31H,2-5,9-15,18H2,1H3,(H,32,35). The normalized spacial score (nSPS) is 21.1. The van der Waals surface area contributed by atoms with Gasteiger partial charge in [0.05, 0.1) is 16.7 Å². The number of hydrogen-bond acceptors (Lipinski definition) is 7. The van der Waals surface area contributed by atoms with Gasteiger partial charge in [-0.2, -0.15) is 18.4 Å². The third-order valence-corrected chi connectivity index (χ3v) is 8.16. The summed E-state index contributed by atoms with van der Waals surface area (Å²) in [6.45, 7) is 5.01. The van der Waals surface area contributed by atoms with Gasteiger partial charge in [-0.3, -0.25) is 14.5 Å². The van der Waals surface area contributed by atoms with E-state index in [4.69, 9.17) is 4.74 Å². The molecule has 1 aromatic carbocycles. The largest absolute Gasteiger partial charge is 0.492 e. The van der Waals surface area contributed by atoms with Gasteiger partial charge in [0.2, 0.25) is 11.8 Å². The third kappa shape index (κ3) is 9.27. The van der Waals surface area contributed by atoms with Crippen LogP contribution in [0, 0.1) is 17.2 Å². The highest BCUT2D eigenvalue weighted by Gasteiger charge is 2.41. The molecule has 0 spiro atoms. The van der Waals surface area contributed by atoms with Gasteiger partial charge in [0.1, 0.15) is 24.8 Å². The van der Waals surface area contributed by atoms with E-state index in [0.29, 0.717) is 26.1 Å². The first-order valence-electron chi connectivity index (χ1n) is 13.1. The van der Waals surface area contributed by atoms with Gasteiger partial charge in [0.25, 0.3) is 0 Å². The highest BCUT2D eigenvalue weighted by Crippen LogP contribution is 2.37. The Morgan fingerprint density at radius 2 is 2.05 bits per heavy atom. The summed E-state index contributed by atoms with van der Waals surface area (Å²) in [5.41, 5.74) is 0.880. The molecule has 0 radical (unpaired) electrons. The number of ether oxygens (including phenoxy) is 1. The molecule has 2 amide bonds. The molecule has 1 aromatic rings. The number of rotatable bonds is 13. The molecule has 2 heterocycles. The van der Waals surface area contributed by atoms with Gasteiger partial charge in [-0.05, 0) is 51.4 Å². The van der Waals surface area contributed by atoms with Crippen molar-refractivity contribution in [3.05, 3.63) is 24.3 Å². The minimum atomic E-state index is -4.56. The lowest BCUT2D eigenvalue weighted by Gasteiger charge is -2.26. The van der Waals surface area contributed by atoms with Gasteiger partial charge < -0.3 is 20.3 Å². The first kappa shape index (κ1) is 29.9. The summed E-state index contributed by atoms with van der Waals surface area (Å²) in [4.78, 5) is 29.0. The fourth-order valence-electron chi connectivity index (χ4n) is 4.63. The maximum Gasteiger partial charge on any atom is 0.405 e. The monoisotopic (exact) mass is 555 g/mol. The molecule has 3 unspecified atom stereocenters. The van der Waals surface area contributed by atoms with E-state index >= 15 is 0 Å². The van der Waals surface area contributed by atoms with Crippen LogP contribution in [0.3, 0.4) is 0 Å². The van der Waals surface area contributed by atoms with Crippen LogP contribution in [0.5, 0.6) is 5.75 Å². The van der Waals surface area contributed by atoms with Crippen molar-refractivity contribution in [2.75, 3.05) is 51.2 Å². The number of piperidine rings is 1. The van der Waals surface area contributed by atoms with Gasteiger partial charge in [-0.25, -0.2) is 0 Å². The number of amides is 2. The molecule has 2 fully saturated rings. The second-order valence-corrected chi connectivity index (χ2v) is 10.8. The lowest BCUT2D eigenvalue weighted by atomic mass is 10.1. The zero-order chi connectivity index (χ0) is 27.5. The molecule has 0 aliphatic carbocycles. The number of nitrogens with zero attached hydrogens (tertiary/aromatic N) is 3. The molecule has 3 rings (SSSR count). The SMILES string of the molecule is CCN1C(=O)C(CCNc2cccc(OCCN3CCCCC3)c2)SC1CC(C#N)C(=O)NCC(F)(F)F. The number of likely N-dealkylation sites (tertiary alicyclic amines) is 1. The summed E-state index contributed by atoms with van der Waals surface area (Å²) < 4.78 is 43.2. The number of anilines is 1. The Balaban J connectivity index is 1.45. The van der Waals surface area contributed by atoms with E-state index in [-0.39, 0.29) is 17.6 Å². The predicted molar refractivity (Wildman–Crippen MR) is 141 cm³/mol. The lowest BCUT2D eigenvalue weighted by molar-refractivity contribution is -0.140. The van der Waals surface area contributed by atoms with Gasteiger partial charge in [0.15, 0.2) is 0 Å². The zero-order valence-corrected chi connectivity index (χ0v) is 22.5. The smallest absolute Gasteiger partial charge is 0.405 e. The molecule has 0 aromatic heterocycles. The predicted octanol–water partition coefficient (Wildman–Crippen LogP) is 3.85. The Morgan fingerprint density at radius 3 is 2.74 bits per heavy atom. The molecular formula is C26H36F3N5O3S. The van der Waals surface area contributed by atoms with Gasteiger partial charge in [-0.1, -0.05) is 12.5 Å². The average Bonchev–Trinajstić information content (AvgIpc) is 3.20. The van der Waals surface area contributed by atoms with Crippen molar-refractivity contribution < 1.29 is 27.5 Å². The van der Waals surface area contributed by atoms with Crippen molar-refractivity contribution in [2.24, 2.45) is 5.92 Å². The molecule has 2 aliphatic rings. The van der Waals surface area contributed by atoms with Crippen molar-refractivity contribution in [1.29, 1.82) is 5.26 Å². The van der Waals surface area contributed by atoms with E-state index < -0.39 is 29.9 Å². The van der Waals surface area contributed by atoms with Crippen molar-refractivity contribution in [1.82, 2.24) is 15.1 Å². The molecule has 38 heavy (non-hydrogen) atoms. The van der Waals surface area contributed by atoms with Gasteiger partial charge in [0, 0.05) is 37.8 Å². The van der Waals surface area contributed by atoms with Crippen LogP contribution in [0.1, 0.15) is 39.0 Å². The fraction of sp³-hybridized carbons (Fsp3) is 0.654. The molecule has 2 aliphatic heterocycles. The summed E-state index contributed by atoms with van der Waals surface area (Å²) in [5, 5.41) is 13.6. The second kappa shape index (κ2) is 14.5. The molecule has 3 atom stereocenters. The van der Waals surface area contributed by atoms with Crippen molar-refractivity contribution >= 4 is 29.3 Å². The highest BCUT2D eigenvalue weighted by molar-refractivity contribution is 8.01. The van der Waals surface area contributed by atoms with E-state index in [2.05, 4.69) is 10.2 Å². The number of nitriles is 1. The quantitative estimate of drug-likeness (QED) is 0.382. The van der Waals surface area contributed by atoms with E-state index in [9.17, 15) is 28.0 Å². The van der Waals surface area contributed by atoms with Gasteiger partial charge in [-0.15, -0.1) is 11.8 Å². The number of alkyl halides is 3. The van der Waals surface area contributed by atoms with E-state index in [1.54, 1.807) is 23.2 Å². The van der Waals surface area contributed by atoms with Crippen LogP contribution in [0.2, 0.25) is 0 Å². The highest BCUT2D eigenvalue weighted by atomic mass is 32.2. The van der Waals surface area contributed by atoms with Crippen LogP contribution in [0.25, 0.3) is 0 Å². The summed E-state index contributed by atoms with van der Waals surface area (Å²) in [5.74, 6) is -1.56. The Morgan fingerprint density at radius 1 is 1.29 bits per heavy atom. The minimum absolute atomic E-state index is 0.0226. The Hall–Kier alpha value is -2.65. The summed E-state index contributed by atoms with van der Waals surface area (Å²) in [7, 11) is 0. The number of halogens is 3. The van der Waals surface area contributed by atoms with Crippen molar-refractivity contribution in [3.63, 3.8) is 0 Å². The molecule has 2 saturated heterocycles. The molecule has 0 saturated carbocycles. The molecule has 0 bridgehead atoms. The summed E-state index contributed by atoms with van der Waals surface area (Å²) in [6.07, 6.45) is -0.266. The van der Waals surface area contributed by atoms with Crippen LogP contribution >= 0.6 is 11.8 Å². The molecule has 210 valence electrons. The number of thioether (sulfide) groups is 1. The van der Waals surface area contributed by atoms with Crippen LogP contribution in [0.4, 0.5) is 18.9 Å². The van der Waals surface area contributed by atoms with E-state index in [1.165, 1.54) is 31.0 Å². The average molecular weight is 556 g/mol. The number of hydrogen-bond donors (Lipinski definition) is 2.